The molecule has 3 aromatic rings. The fourth-order valence-electron chi connectivity index (χ4n) is 2.80. The SMILES string of the molecule is COc1cc(C(=O)OC(c2ccccc2)c2ccccc2)cc(Cl)c1OC. The van der Waals surface area contributed by atoms with E-state index in [1.807, 2.05) is 60.7 Å². The smallest absolute Gasteiger partial charge is 0.339 e. The molecule has 3 rings (SSSR count). The van der Waals surface area contributed by atoms with E-state index in [4.69, 9.17) is 25.8 Å². The number of esters is 1. The molecule has 0 radical (unpaired) electrons. The van der Waals surface area contributed by atoms with Gasteiger partial charge in [0.2, 0.25) is 0 Å². The van der Waals surface area contributed by atoms with Crippen molar-refractivity contribution in [2.75, 3.05) is 14.2 Å². The molecule has 27 heavy (non-hydrogen) atoms. The second-order valence-electron chi connectivity index (χ2n) is 5.80. The molecule has 0 spiro atoms. The Labute approximate surface area is 163 Å². The third-order valence-corrected chi connectivity index (χ3v) is 4.38. The highest BCUT2D eigenvalue weighted by Gasteiger charge is 2.22. The van der Waals surface area contributed by atoms with Crippen molar-refractivity contribution in [3.63, 3.8) is 0 Å². The van der Waals surface area contributed by atoms with Crippen LogP contribution in [0, 0.1) is 0 Å². The van der Waals surface area contributed by atoms with Crippen molar-refractivity contribution in [3.05, 3.63) is 94.5 Å². The summed E-state index contributed by atoms with van der Waals surface area (Å²) < 4.78 is 16.3. The van der Waals surface area contributed by atoms with E-state index >= 15 is 0 Å². The van der Waals surface area contributed by atoms with Gasteiger partial charge in [-0.25, -0.2) is 4.79 Å². The van der Waals surface area contributed by atoms with E-state index in [0.29, 0.717) is 11.5 Å². The highest BCUT2D eigenvalue weighted by Crippen LogP contribution is 2.37. The van der Waals surface area contributed by atoms with Gasteiger partial charge in [0.05, 0.1) is 24.8 Å². The van der Waals surface area contributed by atoms with Gasteiger partial charge in [0, 0.05) is 0 Å². The summed E-state index contributed by atoms with van der Waals surface area (Å²) in [7, 11) is 2.97. The summed E-state index contributed by atoms with van der Waals surface area (Å²) in [6.45, 7) is 0. The molecule has 0 bridgehead atoms. The number of ether oxygens (including phenoxy) is 3. The van der Waals surface area contributed by atoms with E-state index in [2.05, 4.69) is 0 Å². The molecule has 0 aliphatic carbocycles. The van der Waals surface area contributed by atoms with E-state index in [1.54, 1.807) is 6.07 Å². The first-order valence-corrected chi connectivity index (χ1v) is 8.74. The van der Waals surface area contributed by atoms with Crippen LogP contribution in [0.4, 0.5) is 0 Å². The summed E-state index contributed by atoms with van der Waals surface area (Å²) in [5, 5.41) is 0.278. The highest BCUT2D eigenvalue weighted by molar-refractivity contribution is 6.32. The Morgan fingerprint density at radius 1 is 0.852 bits per heavy atom. The number of carbonyl (C=O) groups is 1. The molecule has 0 unspecified atom stereocenters. The van der Waals surface area contributed by atoms with Crippen LogP contribution in [-0.4, -0.2) is 20.2 Å². The summed E-state index contributed by atoms with van der Waals surface area (Å²) in [6, 6.07) is 22.2. The standard InChI is InChI=1S/C22H19ClO4/c1-25-19-14-17(13-18(23)21(19)26-2)22(24)27-20(15-9-5-3-6-10-15)16-11-7-4-8-12-16/h3-14,20H,1-2H3. The van der Waals surface area contributed by atoms with Gasteiger partial charge < -0.3 is 14.2 Å². The van der Waals surface area contributed by atoms with Crippen LogP contribution in [0.25, 0.3) is 0 Å². The zero-order chi connectivity index (χ0) is 19.2. The molecule has 0 aromatic heterocycles. The second kappa shape index (κ2) is 8.60. The van der Waals surface area contributed by atoms with Crippen molar-refractivity contribution in [1.29, 1.82) is 0 Å². The molecule has 0 saturated carbocycles. The molecule has 5 heteroatoms. The summed E-state index contributed by atoms with van der Waals surface area (Å²) >= 11 is 6.22. The van der Waals surface area contributed by atoms with Gasteiger partial charge in [0.1, 0.15) is 0 Å². The molecule has 0 amide bonds. The van der Waals surface area contributed by atoms with Crippen molar-refractivity contribution in [1.82, 2.24) is 0 Å². The van der Waals surface area contributed by atoms with Crippen LogP contribution in [0.1, 0.15) is 27.6 Å². The van der Waals surface area contributed by atoms with E-state index < -0.39 is 12.1 Å². The maximum absolute atomic E-state index is 12.8. The molecule has 0 atom stereocenters. The van der Waals surface area contributed by atoms with Crippen molar-refractivity contribution in [2.24, 2.45) is 0 Å². The Bertz CT molecular complexity index is 871. The molecule has 0 aliphatic rings. The van der Waals surface area contributed by atoms with Gasteiger partial charge in [-0.05, 0) is 23.3 Å². The van der Waals surface area contributed by atoms with Crippen molar-refractivity contribution >= 4 is 17.6 Å². The number of hydrogen-bond acceptors (Lipinski definition) is 4. The number of carbonyl (C=O) groups excluding carboxylic acids is 1. The first-order chi connectivity index (χ1) is 13.1. The Morgan fingerprint density at radius 2 is 1.41 bits per heavy atom. The fourth-order valence-corrected chi connectivity index (χ4v) is 3.08. The zero-order valence-corrected chi connectivity index (χ0v) is 15.8. The molecule has 0 N–H and O–H groups in total. The van der Waals surface area contributed by atoms with Crippen LogP contribution in [0.2, 0.25) is 5.02 Å². The van der Waals surface area contributed by atoms with Crippen LogP contribution in [0.3, 0.4) is 0 Å². The number of methoxy groups -OCH3 is 2. The van der Waals surface area contributed by atoms with Crippen LogP contribution in [-0.2, 0) is 4.74 Å². The molecule has 0 aliphatic heterocycles. The number of rotatable bonds is 6. The molecule has 0 heterocycles. The second-order valence-corrected chi connectivity index (χ2v) is 6.21. The van der Waals surface area contributed by atoms with Crippen LogP contribution in [0.5, 0.6) is 11.5 Å². The topological polar surface area (TPSA) is 44.8 Å². The van der Waals surface area contributed by atoms with Crippen LogP contribution >= 0.6 is 11.6 Å². The average molecular weight is 383 g/mol. The molecular formula is C22H19ClO4. The predicted molar refractivity (Wildman–Crippen MR) is 105 cm³/mol. The third-order valence-electron chi connectivity index (χ3n) is 4.10. The summed E-state index contributed by atoms with van der Waals surface area (Å²) in [5.74, 6) is 0.238. The Morgan fingerprint density at radius 3 is 1.89 bits per heavy atom. The Kier molecular flexibility index (Phi) is 5.99. The lowest BCUT2D eigenvalue weighted by atomic mass is 10.0. The number of benzene rings is 3. The largest absolute Gasteiger partial charge is 0.493 e. The van der Waals surface area contributed by atoms with Gasteiger partial charge in [-0.15, -0.1) is 0 Å². The maximum atomic E-state index is 12.8. The summed E-state index contributed by atoms with van der Waals surface area (Å²) in [5.41, 5.74) is 2.04. The van der Waals surface area contributed by atoms with Crippen molar-refractivity contribution in [3.8, 4) is 11.5 Å². The highest BCUT2D eigenvalue weighted by atomic mass is 35.5. The van der Waals surface area contributed by atoms with E-state index in [9.17, 15) is 4.79 Å². The lowest BCUT2D eigenvalue weighted by Gasteiger charge is -2.19. The van der Waals surface area contributed by atoms with Gasteiger partial charge >= 0.3 is 5.97 Å². The Hall–Kier alpha value is -2.98. The quantitative estimate of drug-likeness (QED) is 0.542. The van der Waals surface area contributed by atoms with Crippen LogP contribution < -0.4 is 9.47 Å². The normalized spacial score (nSPS) is 10.5. The van der Waals surface area contributed by atoms with Gasteiger partial charge in [-0.3, -0.25) is 0 Å². The lowest BCUT2D eigenvalue weighted by Crippen LogP contribution is -2.13. The molecule has 138 valence electrons. The van der Waals surface area contributed by atoms with Gasteiger partial charge in [0.15, 0.2) is 17.6 Å². The lowest BCUT2D eigenvalue weighted by molar-refractivity contribution is 0.0377. The fraction of sp³-hybridized carbons (Fsp3) is 0.136. The monoisotopic (exact) mass is 382 g/mol. The summed E-state index contributed by atoms with van der Waals surface area (Å²) in [6.07, 6.45) is -0.535. The van der Waals surface area contributed by atoms with Gasteiger partial charge in [0.25, 0.3) is 0 Å². The number of halogens is 1. The van der Waals surface area contributed by atoms with Crippen molar-refractivity contribution < 1.29 is 19.0 Å². The first-order valence-electron chi connectivity index (χ1n) is 8.36. The van der Waals surface area contributed by atoms with Gasteiger partial charge in [-0.2, -0.15) is 0 Å². The van der Waals surface area contributed by atoms with E-state index in [1.165, 1.54) is 20.3 Å². The van der Waals surface area contributed by atoms with E-state index in [-0.39, 0.29) is 10.6 Å². The molecule has 0 fully saturated rings. The minimum absolute atomic E-state index is 0.278. The molecule has 4 nitrogen and oxygen atoms in total. The average Bonchev–Trinajstić information content (AvgIpc) is 2.72. The predicted octanol–water partition coefficient (Wildman–Crippen LogP) is 5.30. The number of hydrogen-bond donors (Lipinski definition) is 0. The molecule has 0 saturated heterocycles. The minimum atomic E-state index is -0.535. The minimum Gasteiger partial charge on any atom is -0.493 e. The van der Waals surface area contributed by atoms with E-state index in [0.717, 1.165) is 11.1 Å². The first kappa shape index (κ1) is 18.8. The Balaban J connectivity index is 1.95. The van der Waals surface area contributed by atoms with Crippen LogP contribution in [0.15, 0.2) is 72.8 Å². The third kappa shape index (κ3) is 4.23. The van der Waals surface area contributed by atoms with Gasteiger partial charge in [-0.1, -0.05) is 72.3 Å². The van der Waals surface area contributed by atoms with Crippen molar-refractivity contribution in [2.45, 2.75) is 6.10 Å². The summed E-state index contributed by atoms with van der Waals surface area (Å²) in [4.78, 5) is 12.8. The molecular weight excluding hydrogens is 364 g/mol. The zero-order valence-electron chi connectivity index (χ0n) is 15.0. The molecule has 3 aromatic carbocycles. The maximum Gasteiger partial charge on any atom is 0.339 e.